The van der Waals surface area contributed by atoms with E-state index in [9.17, 15) is 13.2 Å². The summed E-state index contributed by atoms with van der Waals surface area (Å²) in [5.74, 6) is 1.54. The number of aromatic nitrogens is 3. The first-order valence-corrected chi connectivity index (χ1v) is 8.95. The van der Waals surface area contributed by atoms with Crippen molar-refractivity contribution in [1.29, 1.82) is 0 Å². The number of hydrogen-bond donors (Lipinski definition) is 1. The Kier molecular flexibility index (Phi) is 5.83. The lowest BCUT2D eigenvalue weighted by atomic mass is 10.2. The second kappa shape index (κ2) is 8.12. The molecule has 0 spiro atoms. The minimum Gasteiger partial charge on any atom is -0.356 e. The summed E-state index contributed by atoms with van der Waals surface area (Å²) in [5, 5.41) is 11.6. The van der Waals surface area contributed by atoms with Gasteiger partial charge in [-0.3, -0.25) is 14.3 Å². The predicted octanol–water partition coefficient (Wildman–Crippen LogP) is 1.42. The second-order valence-electron chi connectivity index (χ2n) is 6.51. The summed E-state index contributed by atoms with van der Waals surface area (Å²) in [4.78, 5) is 7.71. The number of rotatable bonds is 4. The SMILES string of the molecule is CN=C(NCCc1nnc2ccccn12)N1CCN(C(C)C(F)(F)F)CC1. The number of pyridine rings is 1. The third kappa shape index (κ3) is 4.49. The zero-order valence-corrected chi connectivity index (χ0v) is 15.4. The standard InChI is InChI=1S/C17H24F3N7/c1-13(17(18,19)20)25-9-11-26(12-10-25)16(21-2)22-7-6-15-24-23-14-5-3-4-8-27(14)15/h3-5,8,13H,6-7,9-12H2,1-2H3,(H,21,22). The van der Waals surface area contributed by atoms with E-state index in [2.05, 4.69) is 20.5 Å². The Labute approximate surface area is 155 Å². The van der Waals surface area contributed by atoms with Crippen LogP contribution in [0, 0.1) is 0 Å². The van der Waals surface area contributed by atoms with Crippen LogP contribution in [0.25, 0.3) is 5.65 Å². The third-order valence-corrected chi connectivity index (χ3v) is 4.86. The molecule has 7 nitrogen and oxygen atoms in total. The maximum atomic E-state index is 12.9. The molecule has 0 aromatic carbocycles. The maximum Gasteiger partial charge on any atom is 0.403 e. The van der Waals surface area contributed by atoms with Gasteiger partial charge in [-0.15, -0.1) is 10.2 Å². The van der Waals surface area contributed by atoms with Crippen molar-refractivity contribution < 1.29 is 13.2 Å². The van der Waals surface area contributed by atoms with E-state index in [0.717, 1.165) is 11.5 Å². The molecule has 3 rings (SSSR count). The van der Waals surface area contributed by atoms with E-state index in [1.54, 1.807) is 7.05 Å². The van der Waals surface area contributed by atoms with Crippen molar-refractivity contribution in [2.45, 2.75) is 25.6 Å². The van der Waals surface area contributed by atoms with Gasteiger partial charge in [-0.2, -0.15) is 13.2 Å². The van der Waals surface area contributed by atoms with Crippen molar-refractivity contribution in [2.75, 3.05) is 39.8 Å². The van der Waals surface area contributed by atoms with Crippen LogP contribution in [0.3, 0.4) is 0 Å². The van der Waals surface area contributed by atoms with Crippen LogP contribution in [0.1, 0.15) is 12.7 Å². The van der Waals surface area contributed by atoms with E-state index >= 15 is 0 Å². The molecular formula is C17H24F3N7. The van der Waals surface area contributed by atoms with Crippen LogP contribution in [0.2, 0.25) is 0 Å². The van der Waals surface area contributed by atoms with Gasteiger partial charge in [0.05, 0.1) is 0 Å². The van der Waals surface area contributed by atoms with E-state index < -0.39 is 12.2 Å². The number of aliphatic imine (C=N–C) groups is 1. The van der Waals surface area contributed by atoms with Crippen molar-refractivity contribution in [3.63, 3.8) is 0 Å². The van der Waals surface area contributed by atoms with Crippen LogP contribution in [-0.2, 0) is 6.42 Å². The first-order valence-electron chi connectivity index (χ1n) is 8.95. The fourth-order valence-electron chi connectivity index (χ4n) is 3.21. The number of piperazine rings is 1. The number of alkyl halides is 3. The summed E-state index contributed by atoms with van der Waals surface area (Å²) in [6.07, 6.45) is -1.61. The van der Waals surface area contributed by atoms with Crippen LogP contribution < -0.4 is 5.32 Å². The van der Waals surface area contributed by atoms with Gasteiger partial charge in [0.15, 0.2) is 11.6 Å². The molecule has 10 heteroatoms. The second-order valence-corrected chi connectivity index (χ2v) is 6.51. The number of nitrogens with one attached hydrogen (secondary N) is 1. The highest BCUT2D eigenvalue weighted by molar-refractivity contribution is 5.80. The van der Waals surface area contributed by atoms with E-state index in [0.29, 0.717) is 45.1 Å². The molecule has 1 fully saturated rings. The number of nitrogens with zero attached hydrogens (tertiary/aromatic N) is 6. The normalized spacial score (nSPS) is 18.1. The Morgan fingerprint density at radius 3 is 2.63 bits per heavy atom. The topological polar surface area (TPSA) is 61.1 Å². The summed E-state index contributed by atoms with van der Waals surface area (Å²) < 4.78 is 40.5. The Bertz CT molecular complexity index is 778. The third-order valence-electron chi connectivity index (χ3n) is 4.86. The molecule has 1 saturated heterocycles. The van der Waals surface area contributed by atoms with Gasteiger partial charge in [-0.25, -0.2) is 0 Å². The highest BCUT2D eigenvalue weighted by atomic mass is 19.4. The molecule has 0 radical (unpaired) electrons. The average Bonchev–Trinajstić information content (AvgIpc) is 3.07. The van der Waals surface area contributed by atoms with Gasteiger partial charge in [0.25, 0.3) is 0 Å². The van der Waals surface area contributed by atoms with Crippen LogP contribution in [-0.4, -0.2) is 82.3 Å². The number of fused-ring (bicyclic) bond motifs is 1. The smallest absolute Gasteiger partial charge is 0.356 e. The molecule has 0 amide bonds. The van der Waals surface area contributed by atoms with Gasteiger partial charge >= 0.3 is 6.18 Å². The van der Waals surface area contributed by atoms with Crippen LogP contribution >= 0.6 is 0 Å². The van der Waals surface area contributed by atoms with Crippen LogP contribution in [0.4, 0.5) is 13.2 Å². The van der Waals surface area contributed by atoms with Gasteiger partial charge in [0.1, 0.15) is 11.9 Å². The van der Waals surface area contributed by atoms with Crippen molar-refractivity contribution in [1.82, 2.24) is 29.7 Å². The lowest BCUT2D eigenvalue weighted by Crippen LogP contribution is -2.56. The van der Waals surface area contributed by atoms with E-state index in [1.807, 2.05) is 33.7 Å². The van der Waals surface area contributed by atoms with E-state index in [-0.39, 0.29) is 0 Å². The Morgan fingerprint density at radius 1 is 1.22 bits per heavy atom. The molecule has 2 aromatic heterocycles. The van der Waals surface area contributed by atoms with E-state index in [1.165, 1.54) is 11.8 Å². The lowest BCUT2D eigenvalue weighted by molar-refractivity contribution is -0.181. The lowest BCUT2D eigenvalue weighted by Gasteiger charge is -2.39. The molecular weight excluding hydrogens is 359 g/mol. The minimum atomic E-state index is -4.19. The summed E-state index contributed by atoms with van der Waals surface area (Å²) in [6.45, 7) is 3.56. The van der Waals surface area contributed by atoms with Crippen molar-refractivity contribution in [3.05, 3.63) is 30.2 Å². The van der Waals surface area contributed by atoms with Crippen LogP contribution in [0.15, 0.2) is 29.4 Å². The van der Waals surface area contributed by atoms with Gasteiger partial charge < -0.3 is 10.2 Å². The molecule has 27 heavy (non-hydrogen) atoms. The fourth-order valence-corrected chi connectivity index (χ4v) is 3.21. The molecule has 1 aliphatic rings. The summed E-state index contributed by atoms with van der Waals surface area (Å²) in [6, 6.07) is 4.31. The summed E-state index contributed by atoms with van der Waals surface area (Å²) in [5.41, 5.74) is 0.798. The Morgan fingerprint density at radius 2 is 1.96 bits per heavy atom. The van der Waals surface area contributed by atoms with Crippen molar-refractivity contribution in [3.8, 4) is 0 Å². The number of halogens is 3. The van der Waals surface area contributed by atoms with Crippen LogP contribution in [0.5, 0.6) is 0 Å². The molecule has 3 heterocycles. The van der Waals surface area contributed by atoms with E-state index in [4.69, 9.17) is 0 Å². The molecule has 1 unspecified atom stereocenters. The minimum absolute atomic E-state index is 0.357. The highest BCUT2D eigenvalue weighted by Crippen LogP contribution is 2.25. The highest BCUT2D eigenvalue weighted by Gasteiger charge is 2.41. The molecule has 0 aliphatic carbocycles. The zero-order chi connectivity index (χ0) is 19.4. The molecule has 0 saturated carbocycles. The summed E-state index contributed by atoms with van der Waals surface area (Å²) >= 11 is 0. The van der Waals surface area contributed by atoms with Gasteiger partial charge in [0.2, 0.25) is 0 Å². The molecule has 0 bridgehead atoms. The average molecular weight is 383 g/mol. The summed E-state index contributed by atoms with van der Waals surface area (Å²) in [7, 11) is 1.68. The maximum absolute atomic E-state index is 12.9. The fraction of sp³-hybridized carbons (Fsp3) is 0.588. The van der Waals surface area contributed by atoms with Gasteiger partial charge in [0, 0.05) is 52.4 Å². The molecule has 2 aromatic rings. The Hall–Kier alpha value is -2.36. The van der Waals surface area contributed by atoms with Crippen molar-refractivity contribution in [2.24, 2.45) is 4.99 Å². The predicted molar refractivity (Wildman–Crippen MR) is 96.7 cm³/mol. The zero-order valence-electron chi connectivity index (χ0n) is 15.4. The first-order chi connectivity index (χ1) is 12.9. The monoisotopic (exact) mass is 383 g/mol. The van der Waals surface area contributed by atoms with Crippen molar-refractivity contribution >= 4 is 11.6 Å². The number of guanidine groups is 1. The van der Waals surface area contributed by atoms with Gasteiger partial charge in [-0.05, 0) is 19.1 Å². The molecule has 148 valence electrons. The molecule has 1 aliphatic heterocycles. The largest absolute Gasteiger partial charge is 0.403 e. The number of hydrogen-bond acceptors (Lipinski definition) is 4. The molecule has 1 atom stereocenters. The van der Waals surface area contributed by atoms with Gasteiger partial charge in [-0.1, -0.05) is 6.07 Å². The quantitative estimate of drug-likeness (QED) is 0.639. The first kappa shape index (κ1) is 19.4. The molecule has 1 N–H and O–H groups in total. The Balaban J connectivity index is 1.50.